The topological polar surface area (TPSA) is 76.7 Å². The first kappa shape index (κ1) is 12.6. The molecule has 0 saturated heterocycles. The summed E-state index contributed by atoms with van der Waals surface area (Å²) in [5.41, 5.74) is 0.852. The van der Waals surface area contributed by atoms with Gasteiger partial charge in [-0.15, -0.1) is 5.10 Å². The number of hydrogen-bond donors (Lipinski definition) is 1. The van der Waals surface area contributed by atoms with Crippen LogP contribution in [0.1, 0.15) is 5.82 Å². The van der Waals surface area contributed by atoms with Crippen molar-refractivity contribution in [1.29, 1.82) is 0 Å². The smallest absolute Gasteiger partial charge is 0.321 e. The molecule has 7 heteroatoms. The lowest BCUT2D eigenvalue weighted by Gasteiger charge is -2.01. The van der Waals surface area contributed by atoms with Gasteiger partial charge >= 0.3 is 6.01 Å². The summed E-state index contributed by atoms with van der Waals surface area (Å²) >= 11 is 5.86. The maximum absolute atomic E-state index is 5.86. The molecule has 0 bridgehead atoms. The van der Waals surface area contributed by atoms with Gasteiger partial charge in [0.05, 0.1) is 0 Å². The molecule has 0 atom stereocenters. The van der Waals surface area contributed by atoms with Crippen LogP contribution in [0.5, 0.6) is 0 Å². The maximum Gasteiger partial charge on any atom is 0.321 e. The first-order valence-corrected chi connectivity index (χ1v) is 6.25. The van der Waals surface area contributed by atoms with Crippen molar-refractivity contribution in [3.63, 3.8) is 0 Å². The number of nitrogens with one attached hydrogen (secondary N) is 1. The third kappa shape index (κ3) is 2.75. The van der Waals surface area contributed by atoms with Crippen LogP contribution < -0.4 is 5.32 Å². The molecule has 0 saturated carbocycles. The van der Waals surface area contributed by atoms with Crippen molar-refractivity contribution < 1.29 is 4.42 Å². The highest BCUT2D eigenvalue weighted by molar-refractivity contribution is 6.29. The second-order valence-electron chi connectivity index (χ2n) is 4.03. The summed E-state index contributed by atoms with van der Waals surface area (Å²) in [5, 5.41) is 11.1. The predicted molar refractivity (Wildman–Crippen MR) is 74.8 cm³/mol. The van der Waals surface area contributed by atoms with Crippen LogP contribution in [0.15, 0.2) is 40.8 Å². The van der Waals surface area contributed by atoms with Gasteiger partial charge in [0.1, 0.15) is 16.8 Å². The molecule has 0 aliphatic heterocycles. The van der Waals surface area contributed by atoms with Crippen molar-refractivity contribution in [3.05, 3.63) is 47.4 Å². The van der Waals surface area contributed by atoms with Crippen LogP contribution >= 0.6 is 11.6 Å². The van der Waals surface area contributed by atoms with E-state index in [0.29, 0.717) is 22.7 Å². The molecule has 3 rings (SSSR count). The summed E-state index contributed by atoms with van der Waals surface area (Å²) in [5.74, 6) is 1.50. The molecule has 1 N–H and O–H groups in total. The van der Waals surface area contributed by atoms with E-state index in [0.717, 1.165) is 5.56 Å². The van der Waals surface area contributed by atoms with E-state index in [1.807, 2.05) is 30.3 Å². The highest BCUT2D eigenvalue weighted by Gasteiger charge is 2.09. The molecular formula is C13H10ClN5O. The third-order valence-electron chi connectivity index (χ3n) is 2.49. The fourth-order valence-corrected chi connectivity index (χ4v) is 1.90. The largest absolute Gasteiger partial charge is 0.403 e. The Morgan fingerprint density at radius 2 is 1.90 bits per heavy atom. The van der Waals surface area contributed by atoms with Gasteiger partial charge in [0.15, 0.2) is 0 Å². The first-order chi connectivity index (χ1) is 9.70. The lowest BCUT2D eigenvalue weighted by atomic mass is 10.2. The molecule has 6 nitrogen and oxygen atoms in total. The van der Waals surface area contributed by atoms with Crippen molar-refractivity contribution in [2.45, 2.75) is 6.92 Å². The average molecular weight is 288 g/mol. The normalized spacial score (nSPS) is 10.5. The molecule has 0 radical (unpaired) electrons. The van der Waals surface area contributed by atoms with Gasteiger partial charge in [0.25, 0.3) is 0 Å². The lowest BCUT2D eigenvalue weighted by molar-refractivity contribution is 0.587. The van der Waals surface area contributed by atoms with Crippen molar-refractivity contribution in [2.24, 2.45) is 0 Å². The summed E-state index contributed by atoms with van der Waals surface area (Å²) in [4.78, 5) is 8.15. The van der Waals surface area contributed by atoms with Crippen LogP contribution in [0, 0.1) is 6.92 Å². The number of aryl methyl sites for hydroxylation is 1. The highest BCUT2D eigenvalue weighted by atomic mass is 35.5. The number of rotatable bonds is 3. The van der Waals surface area contributed by atoms with Gasteiger partial charge in [-0.1, -0.05) is 34.9 Å². The van der Waals surface area contributed by atoms with Gasteiger partial charge in [-0.3, -0.25) is 5.32 Å². The molecular weight excluding hydrogens is 278 g/mol. The minimum Gasteiger partial charge on any atom is -0.403 e. The number of benzene rings is 1. The molecule has 0 spiro atoms. The third-order valence-corrected chi connectivity index (χ3v) is 2.68. The lowest BCUT2D eigenvalue weighted by Crippen LogP contribution is -1.97. The zero-order chi connectivity index (χ0) is 13.9. The first-order valence-electron chi connectivity index (χ1n) is 5.88. The van der Waals surface area contributed by atoms with Gasteiger partial charge < -0.3 is 4.42 Å². The van der Waals surface area contributed by atoms with E-state index >= 15 is 0 Å². The van der Waals surface area contributed by atoms with Crippen LogP contribution in [0.2, 0.25) is 5.15 Å². The van der Waals surface area contributed by atoms with Crippen molar-refractivity contribution in [3.8, 4) is 11.5 Å². The van der Waals surface area contributed by atoms with Gasteiger partial charge in [-0.25, -0.2) is 9.97 Å². The van der Waals surface area contributed by atoms with E-state index in [4.69, 9.17) is 16.0 Å². The molecule has 2 heterocycles. The Bertz CT molecular complexity index is 708. The van der Waals surface area contributed by atoms with Gasteiger partial charge in [0.2, 0.25) is 5.89 Å². The van der Waals surface area contributed by atoms with Crippen LogP contribution in [0.3, 0.4) is 0 Å². The minimum absolute atomic E-state index is 0.248. The number of halogens is 1. The summed E-state index contributed by atoms with van der Waals surface area (Å²) in [6, 6.07) is 11.3. The van der Waals surface area contributed by atoms with Crippen LogP contribution in [-0.2, 0) is 0 Å². The minimum atomic E-state index is 0.248. The second kappa shape index (κ2) is 5.26. The Morgan fingerprint density at radius 1 is 1.10 bits per heavy atom. The van der Waals surface area contributed by atoms with Crippen LogP contribution in [0.4, 0.5) is 11.8 Å². The number of nitrogens with zero attached hydrogens (tertiary/aromatic N) is 4. The fourth-order valence-electron chi connectivity index (χ4n) is 1.68. The Labute approximate surface area is 119 Å². The molecule has 1 aromatic carbocycles. The summed E-state index contributed by atoms with van der Waals surface area (Å²) in [6.45, 7) is 1.75. The standard InChI is InChI=1S/C13H10ClN5O/c1-8-15-10(14)7-11(16-8)17-13-19-18-12(20-13)9-5-3-2-4-6-9/h2-7H,1H3,(H,15,16,17,19). The molecule has 0 amide bonds. The van der Waals surface area contributed by atoms with Crippen molar-refractivity contribution in [1.82, 2.24) is 20.2 Å². The summed E-state index contributed by atoms with van der Waals surface area (Å²) in [6.07, 6.45) is 0. The van der Waals surface area contributed by atoms with Crippen LogP contribution in [-0.4, -0.2) is 20.2 Å². The Kier molecular flexibility index (Phi) is 3.30. The van der Waals surface area contributed by atoms with E-state index in [1.54, 1.807) is 13.0 Å². The zero-order valence-electron chi connectivity index (χ0n) is 10.5. The maximum atomic E-state index is 5.86. The van der Waals surface area contributed by atoms with E-state index in [9.17, 15) is 0 Å². The average Bonchev–Trinajstić information content (AvgIpc) is 2.87. The summed E-state index contributed by atoms with van der Waals surface area (Å²) in [7, 11) is 0. The number of hydrogen-bond acceptors (Lipinski definition) is 6. The quantitative estimate of drug-likeness (QED) is 0.745. The molecule has 0 fully saturated rings. The second-order valence-corrected chi connectivity index (χ2v) is 4.41. The molecule has 0 aliphatic rings. The van der Waals surface area contributed by atoms with E-state index < -0.39 is 0 Å². The van der Waals surface area contributed by atoms with Gasteiger partial charge in [0, 0.05) is 11.6 Å². The van der Waals surface area contributed by atoms with Crippen LogP contribution in [0.25, 0.3) is 11.5 Å². The Balaban J connectivity index is 1.84. The monoisotopic (exact) mass is 287 g/mol. The molecule has 2 aromatic heterocycles. The number of aromatic nitrogens is 4. The van der Waals surface area contributed by atoms with E-state index in [-0.39, 0.29) is 6.01 Å². The Morgan fingerprint density at radius 3 is 2.65 bits per heavy atom. The molecule has 0 unspecified atom stereocenters. The van der Waals surface area contributed by atoms with Crippen molar-refractivity contribution in [2.75, 3.05) is 5.32 Å². The van der Waals surface area contributed by atoms with Gasteiger partial charge in [-0.2, -0.15) is 0 Å². The molecule has 0 aliphatic carbocycles. The predicted octanol–water partition coefficient (Wildman–Crippen LogP) is 3.23. The highest BCUT2D eigenvalue weighted by Crippen LogP contribution is 2.21. The molecule has 100 valence electrons. The van der Waals surface area contributed by atoms with E-state index in [2.05, 4.69) is 25.5 Å². The Hall–Kier alpha value is -2.47. The molecule has 3 aromatic rings. The summed E-state index contributed by atoms with van der Waals surface area (Å²) < 4.78 is 5.52. The zero-order valence-corrected chi connectivity index (χ0v) is 11.3. The fraction of sp³-hybridized carbons (Fsp3) is 0.0769. The number of anilines is 2. The van der Waals surface area contributed by atoms with E-state index in [1.165, 1.54) is 0 Å². The molecule has 20 heavy (non-hydrogen) atoms. The SMILES string of the molecule is Cc1nc(Cl)cc(Nc2nnc(-c3ccccc3)o2)n1. The van der Waals surface area contributed by atoms with Crippen molar-refractivity contribution >= 4 is 23.4 Å². The van der Waals surface area contributed by atoms with Gasteiger partial charge in [-0.05, 0) is 19.1 Å².